The van der Waals surface area contributed by atoms with E-state index in [9.17, 15) is 0 Å². The summed E-state index contributed by atoms with van der Waals surface area (Å²) in [6.45, 7) is 1.28. The highest BCUT2D eigenvalue weighted by Gasteiger charge is 2.52. The predicted molar refractivity (Wildman–Crippen MR) is 89.1 cm³/mol. The zero-order valence-corrected chi connectivity index (χ0v) is 13.7. The Balaban J connectivity index is 1.87. The van der Waals surface area contributed by atoms with Gasteiger partial charge in [-0.15, -0.1) is 0 Å². The van der Waals surface area contributed by atoms with Crippen molar-refractivity contribution >= 4 is 5.69 Å². The van der Waals surface area contributed by atoms with Gasteiger partial charge >= 0.3 is 0 Å². The third-order valence-corrected chi connectivity index (χ3v) is 6.61. The summed E-state index contributed by atoms with van der Waals surface area (Å²) in [6.07, 6.45) is 8.38. The Kier molecular flexibility index (Phi) is 3.08. The van der Waals surface area contributed by atoms with E-state index in [0.29, 0.717) is 5.41 Å². The van der Waals surface area contributed by atoms with Crippen molar-refractivity contribution in [2.24, 2.45) is 5.92 Å². The van der Waals surface area contributed by atoms with E-state index >= 15 is 0 Å². The molecule has 114 valence electrons. The zero-order chi connectivity index (χ0) is 14.6. The largest absolute Gasteiger partial charge is 0.378 e. The second kappa shape index (κ2) is 4.74. The molecule has 3 atom stereocenters. The minimum Gasteiger partial charge on any atom is -0.378 e. The quantitative estimate of drug-likeness (QED) is 0.779. The van der Waals surface area contributed by atoms with Crippen molar-refractivity contribution in [3.05, 3.63) is 29.3 Å². The Hall–Kier alpha value is -1.02. The first-order valence-electron chi connectivity index (χ1n) is 8.63. The second-order valence-corrected chi connectivity index (χ2v) is 7.75. The first kappa shape index (κ1) is 13.6. The van der Waals surface area contributed by atoms with E-state index in [1.54, 1.807) is 11.1 Å². The molecule has 21 heavy (non-hydrogen) atoms. The maximum atomic E-state index is 2.65. The fraction of sp³-hybridized carbons (Fsp3) is 0.684. The molecule has 0 amide bonds. The van der Waals surface area contributed by atoms with Crippen LogP contribution in [0.3, 0.4) is 0 Å². The monoisotopic (exact) mass is 284 g/mol. The Morgan fingerprint density at radius 3 is 2.86 bits per heavy atom. The average Bonchev–Trinajstić information content (AvgIpc) is 2.50. The van der Waals surface area contributed by atoms with Gasteiger partial charge < -0.3 is 9.80 Å². The highest BCUT2D eigenvalue weighted by Crippen LogP contribution is 2.55. The molecule has 2 heteroatoms. The van der Waals surface area contributed by atoms with Crippen LogP contribution in [0.4, 0.5) is 5.69 Å². The number of piperidine rings is 1. The van der Waals surface area contributed by atoms with Crippen LogP contribution in [0.2, 0.25) is 0 Å². The van der Waals surface area contributed by atoms with Crippen LogP contribution in [0.1, 0.15) is 43.2 Å². The number of hydrogen-bond acceptors (Lipinski definition) is 2. The minimum atomic E-state index is 0.495. The summed E-state index contributed by atoms with van der Waals surface area (Å²) in [4.78, 5) is 4.91. The SMILES string of the molecule is CN(C)c1ccc2c(c1)C13CCCCC1C(C2)N(C)CC3. The van der Waals surface area contributed by atoms with E-state index < -0.39 is 0 Å². The van der Waals surface area contributed by atoms with E-state index in [0.717, 1.165) is 12.0 Å². The Morgan fingerprint density at radius 1 is 1.19 bits per heavy atom. The summed E-state index contributed by atoms with van der Waals surface area (Å²) < 4.78 is 0. The predicted octanol–water partition coefficient (Wildman–Crippen LogP) is 3.44. The molecule has 3 unspecified atom stereocenters. The van der Waals surface area contributed by atoms with Crippen molar-refractivity contribution in [3.8, 4) is 0 Å². The van der Waals surface area contributed by atoms with Gasteiger partial charge in [-0.25, -0.2) is 0 Å². The van der Waals surface area contributed by atoms with Gasteiger partial charge in [0.2, 0.25) is 0 Å². The van der Waals surface area contributed by atoms with Crippen LogP contribution in [-0.4, -0.2) is 38.6 Å². The summed E-state index contributed by atoms with van der Waals surface area (Å²) >= 11 is 0. The molecular formula is C19H28N2. The summed E-state index contributed by atoms with van der Waals surface area (Å²) in [5, 5.41) is 0. The number of anilines is 1. The smallest absolute Gasteiger partial charge is 0.0364 e. The molecular weight excluding hydrogens is 256 g/mol. The van der Waals surface area contributed by atoms with E-state index in [1.165, 1.54) is 50.8 Å². The van der Waals surface area contributed by atoms with Crippen molar-refractivity contribution in [1.82, 2.24) is 4.90 Å². The summed E-state index contributed by atoms with van der Waals surface area (Å²) in [5.41, 5.74) is 5.22. The summed E-state index contributed by atoms with van der Waals surface area (Å²) in [5.74, 6) is 0.898. The molecule has 1 aromatic rings. The van der Waals surface area contributed by atoms with Crippen LogP contribution in [0.5, 0.6) is 0 Å². The molecule has 1 saturated carbocycles. The highest BCUT2D eigenvalue weighted by atomic mass is 15.2. The molecule has 1 heterocycles. The lowest BCUT2D eigenvalue weighted by molar-refractivity contribution is 0.00289. The van der Waals surface area contributed by atoms with Crippen LogP contribution in [0.15, 0.2) is 18.2 Å². The fourth-order valence-electron chi connectivity index (χ4n) is 5.46. The second-order valence-electron chi connectivity index (χ2n) is 7.75. The van der Waals surface area contributed by atoms with Crippen molar-refractivity contribution in [2.45, 2.75) is 50.0 Å². The van der Waals surface area contributed by atoms with Crippen molar-refractivity contribution in [2.75, 3.05) is 32.6 Å². The Bertz CT molecular complexity index is 550. The molecule has 0 aromatic heterocycles. The van der Waals surface area contributed by atoms with Gasteiger partial charge in [0.1, 0.15) is 0 Å². The van der Waals surface area contributed by atoms with Crippen LogP contribution in [0, 0.1) is 5.92 Å². The molecule has 2 fully saturated rings. The molecule has 1 aliphatic heterocycles. The maximum Gasteiger partial charge on any atom is 0.0364 e. The molecule has 0 spiro atoms. The fourth-order valence-corrected chi connectivity index (χ4v) is 5.46. The topological polar surface area (TPSA) is 6.48 Å². The highest BCUT2D eigenvalue weighted by molar-refractivity contribution is 5.54. The van der Waals surface area contributed by atoms with E-state index in [1.807, 2.05) is 0 Å². The minimum absolute atomic E-state index is 0.495. The van der Waals surface area contributed by atoms with E-state index in [-0.39, 0.29) is 0 Å². The summed E-state index contributed by atoms with van der Waals surface area (Å²) in [7, 11) is 6.68. The van der Waals surface area contributed by atoms with Crippen LogP contribution >= 0.6 is 0 Å². The molecule has 2 nitrogen and oxygen atoms in total. The lowest BCUT2D eigenvalue weighted by atomic mass is 9.52. The van der Waals surface area contributed by atoms with E-state index in [4.69, 9.17) is 0 Å². The zero-order valence-electron chi connectivity index (χ0n) is 13.7. The normalized spacial score (nSPS) is 35.0. The number of fused-ring (bicyclic) bond motifs is 1. The number of likely N-dealkylation sites (N-methyl/N-ethyl adjacent to an activating group) is 1. The van der Waals surface area contributed by atoms with Gasteiger partial charge in [0.05, 0.1) is 0 Å². The van der Waals surface area contributed by atoms with Gasteiger partial charge in [-0.2, -0.15) is 0 Å². The first-order valence-corrected chi connectivity index (χ1v) is 8.63. The third kappa shape index (κ3) is 1.88. The van der Waals surface area contributed by atoms with Gasteiger partial charge in [0.25, 0.3) is 0 Å². The number of rotatable bonds is 1. The van der Waals surface area contributed by atoms with Gasteiger partial charge in [0.15, 0.2) is 0 Å². The van der Waals surface area contributed by atoms with Crippen LogP contribution < -0.4 is 4.90 Å². The number of likely N-dealkylation sites (tertiary alicyclic amines) is 1. The molecule has 0 N–H and O–H groups in total. The number of hydrogen-bond donors (Lipinski definition) is 0. The molecule has 0 radical (unpaired) electrons. The van der Waals surface area contributed by atoms with Crippen molar-refractivity contribution in [1.29, 1.82) is 0 Å². The molecule has 2 aliphatic carbocycles. The molecule has 1 saturated heterocycles. The van der Waals surface area contributed by atoms with Crippen molar-refractivity contribution in [3.63, 3.8) is 0 Å². The standard InChI is InChI=1S/C19H28N2/c1-20(2)15-8-7-14-12-18-16-6-4-5-9-19(16,17(14)13-15)10-11-21(18)3/h7-8,13,16,18H,4-6,9-12H2,1-3H3. The van der Waals surface area contributed by atoms with Crippen molar-refractivity contribution < 1.29 is 0 Å². The van der Waals surface area contributed by atoms with E-state index in [2.05, 4.69) is 49.1 Å². The molecule has 3 aliphatic rings. The third-order valence-electron chi connectivity index (χ3n) is 6.61. The van der Waals surface area contributed by atoms with Crippen LogP contribution in [0.25, 0.3) is 0 Å². The van der Waals surface area contributed by atoms with Gasteiger partial charge in [0, 0.05) is 31.2 Å². The van der Waals surface area contributed by atoms with Gasteiger partial charge in [-0.1, -0.05) is 18.9 Å². The van der Waals surface area contributed by atoms with Gasteiger partial charge in [-0.3, -0.25) is 0 Å². The number of nitrogens with zero attached hydrogens (tertiary/aromatic N) is 2. The molecule has 2 bridgehead atoms. The number of benzene rings is 1. The Labute approximate surface area is 129 Å². The molecule has 1 aromatic carbocycles. The lowest BCUT2D eigenvalue weighted by Gasteiger charge is -2.58. The summed E-state index contributed by atoms with van der Waals surface area (Å²) in [6, 6.07) is 8.05. The van der Waals surface area contributed by atoms with Crippen LogP contribution in [-0.2, 0) is 11.8 Å². The lowest BCUT2D eigenvalue weighted by Crippen LogP contribution is -2.59. The first-order chi connectivity index (χ1) is 10.1. The molecule has 4 rings (SSSR count). The average molecular weight is 284 g/mol. The van der Waals surface area contributed by atoms with Gasteiger partial charge in [-0.05, 0) is 68.5 Å². The Morgan fingerprint density at radius 2 is 2.05 bits per heavy atom. The maximum absolute atomic E-state index is 2.65.